The summed E-state index contributed by atoms with van der Waals surface area (Å²) in [5.41, 5.74) is 11.3. The summed E-state index contributed by atoms with van der Waals surface area (Å²) in [6.07, 6.45) is -4.68. The first-order valence-electron chi connectivity index (χ1n) is 4.81. The van der Waals surface area contributed by atoms with Gasteiger partial charge in [0.15, 0.2) is 0 Å². The summed E-state index contributed by atoms with van der Waals surface area (Å²) in [5.74, 6) is -0.709. The highest BCUT2D eigenvalue weighted by Gasteiger charge is 2.17. The Morgan fingerprint density at radius 1 is 1.47 bits per heavy atom. The van der Waals surface area contributed by atoms with Crippen molar-refractivity contribution in [2.75, 3.05) is 17.6 Å². The van der Waals surface area contributed by atoms with Crippen molar-refractivity contribution in [3.05, 3.63) is 23.8 Å². The maximum Gasteiger partial charge on any atom is 0.265 e. The zero-order chi connectivity index (χ0) is 13.0. The number of carbonyl (C=O) groups excluding carboxylic acids is 1. The summed E-state index contributed by atoms with van der Waals surface area (Å²) in [6, 6.07) is 4.24. The van der Waals surface area contributed by atoms with Gasteiger partial charge >= 0.3 is 0 Å². The van der Waals surface area contributed by atoms with Gasteiger partial charge in [-0.15, -0.1) is 0 Å². The van der Waals surface area contributed by atoms with Crippen molar-refractivity contribution in [1.82, 2.24) is 0 Å². The Bertz CT molecular complexity index is 413. The second kappa shape index (κ2) is 5.44. The molecule has 1 unspecified atom stereocenters. The third-order valence-corrected chi connectivity index (χ3v) is 2.10. The third kappa shape index (κ3) is 3.56. The van der Waals surface area contributed by atoms with E-state index >= 15 is 0 Å². The number of aliphatic hydroxyl groups is 1. The van der Waals surface area contributed by atoms with E-state index < -0.39 is 25.0 Å². The number of hydrogen-bond donors (Lipinski definition) is 4. The van der Waals surface area contributed by atoms with Crippen LogP contribution in [-0.2, 0) is 0 Å². The van der Waals surface area contributed by atoms with Crippen LogP contribution in [0.3, 0.4) is 0 Å². The lowest BCUT2D eigenvalue weighted by atomic mass is 10.1. The molecule has 1 amide bonds. The molecule has 0 spiro atoms. The van der Waals surface area contributed by atoms with E-state index in [4.69, 9.17) is 16.6 Å². The van der Waals surface area contributed by atoms with Crippen molar-refractivity contribution >= 4 is 17.3 Å². The average molecular weight is 245 g/mol. The minimum Gasteiger partial charge on any atom is -0.399 e. The fourth-order valence-electron chi connectivity index (χ4n) is 1.23. The van der Waals surface area contributed by atoms with Gasteiger partial charge in [-0.3, -0.25) is 4.79 Å². The molecule has 0 saturated carbocycles. The van der Waals surface area contributed by atoms with Crippen molar-refractivity contribution in [2.24, 2.45) is 5.73 Å². The molecule has 6 N–H and O–H groups in total. The van der Waals surface area contributed by atoms with Crippen LogP contribution in [0.1, 0.15) is 10.4 Å². The minimum absolute atomic E-state index is 0.126. The number of halogens is 2. The number of nitrogens with two attached hydrogens (primary N) is 2. The summed E-state index contributed by atoms with van der Waals surface area (Å²) in [6.45, 7) is -0.401. The highest BCUT2D eigenvalue weighted by Crippen LogP contribution is 2.19. The molecule has 0 aromatic heterocycles. The third-order valence-electron chi connectivity index (χ3n) is 2.10. The minimum atomic E-state index is -2.86. The molecule has 5 nitrogen and oxygen atoms in total. The van der Waals surface area contributed by atoms with Crippen LogP contribution < -0.4 is 16.8 Å². The molecular formula is C10H13F2N3O2. The average Bonchev–Trinajstić information content (AvgIpc) is 2.25. The molecule has 7 heteroatoms. The Hall–Kier alpha value is -1.89. The maximum absolute atomic E-state index is 12.1. The largest absolute Gasteiger partial charge is 0.399 e. The van der Waals surface area contributed by atoms with E-state index in [-0.39, 0.29) is 11.3 Å². The molecular weight excluding hydrogens is 232 g/mol. The van der Waals surface area contributed by atoms with Gasteiger partial charge in [-0.05, 0) is 18.2 Å². The monoisotopic (exact) mass is 245 g/mol. The van der Waals surface area contributed by atoms with Gasteiger partial charge in [0.05, 0.1) is 5.56 Å². The highest BCUT2D eigenvalue weighted by molar-refractivity contribution is 5.99. The fraction of sp³-hybridized carbons (Fsp3) is 0.300. The van der Waals surface area contributed by atoms with Crippen LogP contribution in [0, 0.1) is 0 Å². The van der Waals surface area contributed by atoms with Gasteiger partial charge in [0.2, 0.25) is 0 Å². The maximum atomic E-state index is 12.1. The topological polar surface area (TPSA) is 101 Å². The van der Waals surface area contributed by atoms with Crippen LogP contribution in [0.15, 0.2) is 18.2 Å². The smallest absolute Gasteiger partial charge is 0.265 e. The van der Waals surface area contributed by atoms with Crippen molar-refractivity contribution in [2.45, 2.75) is 12.5 Å². The number of alkyl halides is 2. The summed E-state index contributed by atoms with van der Waals surface area (Å²) >= 11 is 0. The van der Waals surface area contributed by atoms with Crippen molar-refractivity contribution in [3.63, 3.8) is 0 Å². The van der Waals surface area contributed by atoms with Gasteiger partial charge in [0.25, 0.3) is 12.3 Å². The van der Waals surface area contributed by atoms with Gasteiger partial charge in [-0.1, -0.05) is 0 Å². The molecule has 1 aromatic rings. The number of primary amides is 1. The van der Waals surface area contributed by atoms with Crippen LogP contribution in [-0.4, -0.2) is 30.1 Å². The van der Waals surface area contributed by atoms with Crippen LogP contribution in [0.2, 0.25) is 0 Å². The number of hydrogen-bond acceptors (Lipinski definition) is 4. The number of carbonyl (C=O) groups is 1. The highest BCUT2D eigenvalue weighted by atomic mass is 19.3. The lowest BCUT2D eigenvalue weighted by Gasteiger charge is -2.14. The molecule has 0 aliphatic heterocycles. The second-order valence-electron chi connectivity index (χ2n) is 3.45. The Kier molecular flexibility index (Phi) is 4.22. The zero-order valence-electron chi connectivity index (χ0n) is 8.86. The van der Waals surface area contributed by atoms with Gasteiger partial charge in [0, 0.05) is 17.9 Å². The van der Waals surface area contributed by atoms with Gasteiger partial charge in [0.1, 0.15) is 6.10 Å². The molecule has 0 saturated heterocycles. The lowest BCUT2D eigenvalue weighted by Crippen LogP contribution is -2.27. The van der Waals surface area contributed by atoms with Crippen LogP contribution >= 0.6 is 0 Å². The number of amides is 1. The lowest BCUT2D eigenvalue weighted by molar-refractivity contribution is 0.00384. The summed E-state index contributed by atoms with van der Waals surface area (Å²) in [7, 11) is 0. The SMILES string of the molecule is NC(=O)c1ccc(N)cc1NCC(O)C(F)F. The van der Waals surface area contributed by atoms with E-state index in [1.54, 1.807) is 0 Å². The van der Waals surface area contributed by atoms with Crippen LogP contribution in [0.25, 0.3) is 0 Å². The van der Waals surface area contributed by atoms with E-state index in [2.05, 4.69) is 5.32 Å². The molecule has 0 fully saturated rings. The van der Waals surface area contributed by atoms with E-state index in [0.717, 1.165) is 0 Å². The molecule has 0 bridgehead atoms. The fourth-order valence-corrected chi connectivity index (χ4v) is 1.23. The summed E-state index contributed by atoms with van der Waals surface area (Å²) in [5, 5.41) is 11.4. The number of rotatable bonds is 5. The molecule has 0 aliphatic carbocycles. The van der Waals surface area contributed by atoms with Crippen molar-refractivity contribution in [1.29, 1.82) is 0 Å². The number of anilines is 2. The summed E-state index contributed by atoms with van der Waals surface area (Å²) in [4.78, 5) is 11.0. The van der Waals surface area contributed by atoms with Gasteiger partial charge in [-0.2, -0.15) is 0 Å². The molecule has 1 aromatic carbocycles. The predicted octanol–water partition coefficient (Wildman–Crippen LogP) is 0.406. The molecule has 1 rings (SSSR count). The van der Waals surface area contributed by atoms with Gasteiger partial charge < -0.3 is 21.9 Å². The number of nitrogen functional groups attached to an aromatic ring is 1. The Morgan fingerprint density at radius 3 is 2.65 bits per heavy atom. The quantitative estimate of drug-likeness (QED) is 0.564. The van der Waals surface area contributed by atoms with E-state index in [0.29, 0.717) is 5.69 Å². The predicted molar refractivity (Wildman–Crippen MR) is 59.9 cm³/mol. The van der Waals surface area contributed by atoms with Crippen molar-refractivity contribution in [3.8, 4) is 0 Å². The summed E-state index contributed by atoms with van der Waals surface area (Å²) < 4.78 is 24.1. The number of aliphatic hydroxyl groups excluding tert-OH is 1. The Labute approximate surface area is 96.4 Å². The zero-order valence-corrected chi connectivity index (χ0v) is 8.86. The number of nitrogens with one attached hydrogen (secondary N) is 1. The second-order valence-corrected chi connectivity index (χ2v) is 3.45. The first-order valence-corrected chi connectivity index (χ1v) is 4.81. The number of benzene rings is 1. The first kappa shape index (κ1) is 13.2. The van der Waals surface area contributed by atoms with E-state index in [1.165, 1.54) is 18.2 Å². The van der Waals surface area contributed by atoms with E-state index in [1.807, 2.05) is 0 Å². The molecule has 0 aliphatic rings. The molecule has 1 atom stereocenters. The van der Waals surface area contributed by atoms with E-state index in [9.17, 15) is 13.6 Å². The molecule has 0 radical (unpaired) electrons. The molecule has 17 heavy (non-hydrogen) atoms. The van der Waals surface area contributed by atoms with Crippen LogP contribution in [0.5, 0.6) is 0 Å². The Balaban J connectivity index is 2.82. The Morgan fingerprint density at radius 2 is 2.12 bits per heavy atom. The molecule has 0 heterocycles. The van der Waals surface area contributed by atoms with Crippen LogP contribution in [0.4, 0.5) is 20.2 Å². The normalized spacial score (nSPS) is 12.5. The first-order chi connectivity index (χ1) is 7.91. The van der Waals surface area contributed by atoms with Gasteiger partial charge in [-0.25, -0.2) is 8.78 Å². The standard InChI is InChI=1S/C10H13F2N3O2/c11-9(12)8(16)4-15-7-3-5(13)1-2-6(7)10(14)17/h1-3,8-9,15-16H,4,13H2,(H2,14,17). The molecule has 94 valence electrons. The van der Waals surface area contributed by atoms with Crippen molar-refractivity contribution < 1.29 is 18.7 Å².